The van der Waals surface area contributed by atoms with E-state index in [4.69, 9.17) is 61.6 Å². The first-order chi connectivity index (χ1) is 72.8. The van der Waals surface area contributed by atoms with Crippen molar-refractivity contribution in [3.05, 3.63) is 287 Å². The second-order valence-corrected chi connectivity index (χ2v) is 42.4. The van der Waals surface area contributed by atoms with Crippen molar-refractivity contribution in [3.8, 4) is 0 Å². The van der Waals surface area contributed by atoms with Crippen molar-refractivity contribution >= 4 is 11.9 Å². The van der Waals surface area contributed by atoms with Crippen LogP contribution in [0.25, 0.3) is 0 Å². The Labute approximate surface area is 890 Å². The molecule has 10 rings (SSSR count). The zero-order valence-corrected chi connectivity index (χ0v) is 91.6. The molecular formula is C132H194O15. The van der Waals surface area contributed by atoms with Crippen LogP contribution in [0.3, 0.4) is 0 Å². The highest BCUT2D eigenvalue weighted by Gasteiger charge is 2.55. The van der Waals surface area contributed by atoms with Crippen LogP contribution in [0.1, 0.15) is 419 Å². The lowest BCUT2D eigenvalue weighted by Crippen LogP contribution is -2.66. The molecule has 8 aromatic rings. The molecule has 2 fully saturated rings. The van der Waals surface area contributed by atoms with Crippen molar-refractivity contribution in [2.45, 2.75) is 501 Å². The summed E-state index contributed by atoms with van der Waals surface area (Å²) in [6, 6.07) is 81.6. The van der Waals surface area contributed by atoms with E-state index in [0.29, 0.717) is 38.9 Å². The number of unbranched alkanes of at least 4 members (excludes halogenated alkanes) is 46. The summed E-state index contributed by atoms with van der Waals surface area (Å²) in [4.78, 5) is 32.7. The zero-order chi connectivity index (χ0) is 103. The minimum Gasteiger partial charge on any atom is -0.463 e. The van der Waals surface area contributed by atoms with Crippen LogP contribution in [0.5, 0.6) is 0 Å². The van der Waals surface area contributed by atoms with E-state index in [-0.39, 0.29) is 64.8 Å². The first-order valence-corrected chi connectivity index (χ1v) is 59.3. The van der Waals surface area contributed by atoms with Crippen molar-refractivity contribution in [2.24, 2.45) is 11.8 Å². The summed E-state index contributed by atoms with van der Waals surface area (Å²) in [7, 11) is 0. The van der Waals surface area contributed by atoms with E-state index in [1.165, 1.54) is 244 Å². The SMILES string of the molecule is CCCCCCCCCCCCCCC[C@H](OCc1ccccc1)[C@H](CCCCCCCCCCCCCC)C(=O)OC[C@H]1O[C@H](O[C@H]2O[C@H](COC(=O)[C@H](CCCCCCCCCCCCCC)[C@@H](CCCCCCCCCCCCCCC)OCc3ccccc3)[C@@H](OCc3ccccc3)[C@H](OCc3ccccc3)[C@H]2OCc2ccccc2)[C@H](OCc2ccccc2)[C@@H](OCc2ccccc2)[C@@H]1OCc1ccccc1. The van der Waals surface area contributed by atoms with Crippen molar-refractivity contribution in [1.29, 1.82) is 0 Å². The number of hydrogen-bond donors (Lipinski definition) is 0. The third-order valence-corrected chi connectivity index (χ3v) is 30.0. The summed E-state index contributed by atoms with van der Waals surface area (Å²) in [5.41, 5.74) is 7.62. The number of carbonyl (C=O) groups excluding carboxylic acids is 2. The Morgan fingerprint density at radius 3 is 0.599 bits per heavy atom. The second kappa shape index (κ2) is 79.3. The smallest absolute Gasteiger partial charge is 0.311 e. The van der Waals surface area contributed by atoms with E-state index < -0.39 is 85.5 Å². The maximum absolute atomic E-state index is 16.3. The monoisotopic (exact) mass is 2020 g/mol. The highest BCUT2D eigenvalue weighted by molar-refractivity contribution is 5.73. The molecule has 0 unspecified atom stereocenters. The quantitative estimate of drug-likeness (QED) is 0.0262. The molecule has 15 nitrogen and oxygen atoms in total. The van der Waals surface area contributed by atoms with Crippen molar-refractivity contribution in [3.63, 3.8) is 0 Å². The van der Waals surface area contributed by atoms with Crippen LogP contribution >= 0.6 is 0 Å². The molecule has 15 heteroatoms. The van der Waals surface area contributed by atoms with E-state index in [2.05, 4.69) is 125 Å². The molecule has 0 radical (unpaired) electrons. The minimum atomic E-state index is -1.38. The predicted octanol–water partition coefficient (Wildman–Crippen LogP) is 34.6. The maximum Gasteiger partial charge on any atom is 0.311 e. The summed E-state index contributed by atoms with van der Waals surface area (Å²) < 4.78 is 96.8. The predicted molar refractivity (Wildman–Crippen MR) is 599 cm³/mol. The van der Waals surface area contributed by atoms with Gasteiger partial charge in [0.1, 0.15) is 62.0 Å². The Morgan fingerprint density at radius 1 is 0.211 bits per heavy atom. The minimum absolute atomic E-state index is 0.113. The molecule has 2 aliphatic heterocycles. The molecule has 0 aliphatic carbocycles. The van der Waals surface area contributed by atoms with Crippen LogP contribution in [0.15, 0.2) is 243 Å². The van der Waals surface area contributed by atoms with Crippen molar-refractivity contribution in [2.75, 3.05) is 13.2 Å². The van der Waals surface area contributed by atoms with Gasteiger partial charge in [-0.15, -0.1) is 0 Å². The molecule has 14 atom stereocenters. The standard InChI is InChI=1S/C132H194O15/c1-5-9-13-17-21-25-29-33-37-41-45-49-77-97-119(135-99-109-79-59-51-60-80-109)117(95-75-47-43-39-35-31-27-23-19-15-11-7-3)129(133)143-107-121-123(137-101-111-83-63-53-64-84-111)125(139-103-113-87-67-55-68-88-113)127(141-105-115-91-71-57-72-92-115)131(145-121)147-132-128(142-106-116-93-73-58-74-94-116)126(140-104-114-89-69-56-70-90-114)124(138-102-112-85-65-54-66-86-112)122(146-132)108-144-130(134)118(96-76-48-44-40-36-32-28-24-20-16-12-8-4)120(136-100-110-81-61-52-62-82-110)98-78-50-46-42-38-34-30-26-22-18-14-10-6-2/h51-74,79-94,117-128,131-132H,5-50,75-78,95-108H2,1-4H3/t117-,118+,119-,120+,121-,122-,123-,124-,125+,126+,127-,128-,131-,132-/m1/s1. The summed E-state index contributed by atoms with van der Waals surface area (Å²) in [5.74, 6) is -1.89. The Bertz CT molecular complexity index is 4120. The van der Waals surface area contributed by atoms with Gasteiger partial charge in [-0.25, -0.2) is 0 Å². The van der Waals surface area contributed by atoms with Gasteiger partial charge in [0.05, 0.1) is 76.9 Å². The highest BCUT2D eigenvalue weighted by Crippen LogP contribution is 2.40. The van der Waals surface area contributed by atoms with Gasteiger partial charge in [0.25, 0.3) is 0 Å². The molecular weight excluding hydrogens is 1830 g/mol. The molecule has 0 saturated carbocycles. The number of benzene rings is 8. The van der Waals surface area contributed by atoms with E-state index in [0.717, 1.165) is 122 Å². The zero-order valence-electron chi connectivity index (χ0n) is 91.6. The molecule has 8 aromatic carbocycles. The van der Waals surface area contributed by atoms with Gasteiger partial charge in [-0.3, -0.25) is 9.59 Å². The van der Waals surface area contributed by atoms with Crippen molar-refractivity contribution in [1.82, 2.24) is 0 Å². The average molecular weight is 2020 g/mol. The van der Waals surface area contributed by atoms with E-state index >= 15 is 9.59 Å². The molecule has 0 N–H and O–H groups in total. The van der Waals surface area contributed by atoms with Crippen LogP contribution in [0.2, 0.25) is 0 Å². The first kappa shape index (κ1) is 121. The third kappa shape index (κ3) is 51.0. The summed E-state index contributed by atoms with van der Waals surface area (Å²) >= 11 is 0. The van der Waals surface area contributed by atoms with Gasteiger partial charge in [-0.1, -0.05) is 591 Å². The number of esters is 2. The first-order valence-electron chi connectivity index (χ1n) is 59.3. The number of ether oxygens (including phenoxy) is 13. The van der Waals surface area contributed by atoms with E-state index in [9.17, 15) is 0 Å². The van der Waals surface area contributed by atoms with Crippen LogP contribution in [0, 0.1) is 11.8 Å². The third-order valence-electron chi connectivity index (χ3n) is 30.0. The fourth-order valence-electron chi connectivity index (χ4n) is 21.1. The summed E-state index contributed by atoms with van der Waals surface area (Å²) in [6.45, 7) is 10.2. The van der Waals surface area contributed by atoms with Gasteiger partial charge in [0, 0.05) is 0 Å². The Hall–Kier alpha value is -7.74. The van der Waals surface area contributed by atoms with Crippen LogP contribution in [-0.2, 0) is 124 Å². The van der Waals surface area contributed by atoms with Crippen LogP contribution in [0.4, 0.5) is 0 Å². The lowest BCUT2D eigenvalue weighted by atomic mass is 9.91. The molecule has 0 spiro atoms. The maximum atomic E-state index is 16.3. The van der Waals surface area contributed by atoms with E-state index in [1.54, 1.807) is 0 Å². The lowest BCUT2D eigenvalue weighted by Gasteiger charge is -2.49. The molecule has 0 amide bonds. The van der Waals surface area contributed by atoms with E-state index in [1.807, 2.05) is 146 Å². The van der Waals surface area contributed by atoms with Crippen LogP contribution < -0.4 is 0 Å². The summed E-state index contributed by atoms with van der Waals surface area (Å²) in [5, 5.41) is 0. The van der Waals surface area contributed by atoms with Gasteiger partial charge < -0.3 is 61.6 Å². The number of carbonyl (C=O) groups is 2. The largest absolute Gasteiger partial charge is 0.463 e. The Balaban J connectivity index is 1.03. The highest BCUT2D eigenvalue weighted by atomic mass is 16.8. The molecule has 0 bridgehead atoms. The Morgan fingerprint density at radius 2 is 0.388 bits per heavy atom. The number of rotatable bonds is 88. The molecule has 2 aliphatic rings. The van der Waals surface area contributed by atoms with Gasteiger partial charge in [0.2, 0.25) is 0 Å². The second-order valence-electron chi connectivity index (χ2n) is 42.4. The molecule has 0 aromatic heterocycles. The Kier molecular flexibility index (Phi) is 65.3. The fourth-order valence-corrected chi connectivity index (χ4v) is 21.1. The normalized spacial score (nSPS) is 18.7. The molecule has 2 heterocycles. The van der Waals surface area contributed by atoms with Crippen molar-refractivity contribution < 1.29 is 71.2 Å². The molecule has 2 saturated heterocycles. The lowest BCUT2D eigenvalue weighted by molar-refractivity contribution is -0.394. The molecule has 812 valence electrons. The van der Waals surface area contributed by atoms with Gasteiger partial charge in [-0.05, 0) is 70.2 Å². The average Bonchev–Trinajstić information content (AvgIpc) is 0.764. The van der Waals surface area contributed by atoms with Gasteiger partial charge >= 0.3 is 11.9 Å². The summed E-state index contributed by atoms with van der Waals surface area (Å²) in [6.07, 6.45) is 51.9. The fraction of sp³-hybridized carbons (Fsp3) is 0.621. The molecule has 147 heavy (non-hydrogen) atoms. The topological polar surface area (TPSA) is 154 Å². The van der Waals surface area contributed by atoms with Gasteiger partial charge in [0.15, 0.2) is 12.6 Å². The number of hydrogen-bond acceptors (Lipinski definition) is 15. The van der Waals surface area contributed by atoms with Crippen LogP contribution in [-0.4, -0.2) is 98.8 Å². The van der Waals surface area contributed by atoms with Gasteiger partial charge in [-0.2, -0.15) is 0 Å².